The number of alkyl halides is 3. The van der Waals surface area contributed by atoms with Crippen LogP contribution in [-0.2, 0) is 25.0 Å². The van der Waals surface area contributed by atoms with Crippen molar-refractivity contribution in [1.82, 2.24) is 4.31 Å². The number of sulfonamides is 1. The Kier molecular flexibility index (Phi) is 7.35. The summed E-state index contributed by atoms with van der Waals surface area (Å²) >= 11 is 0. The van der Waals surface area contributed by atoms with Gasteiger partial charge < -0.3 is 14.4 Å². The lowest BCUT2D eigenvalue weighted by Gasteiger charge is -2.37. The molecule has 2 aliphatic rings. The van der Waals surface area contributed by atoms with E-state index in [0.29, 0.717) is 32.4 Å². The van der Waals surface area contributed by atoms with E-state index in [4.69, 9.17) is 4.74 Å². The second kappa shape index (κ2) is 9.92. The fourth-order valence-electron chi connectivity index (χ4n) is 5.23. The van der Waals surface area contributed by atoms with Gasteiger partial charge in [-0.15, -0.1) is 13.2 Å². The van der Waals surface area contributed by atoms with Crippen molar-refractivity contribution in [2.45, 2.75) is 49.8 Å². The molecule has 1 amide bonds. The van der Waals surface area contributed by atoms with Crippen LogP contribution in [0.3, 0.4) is 0 Å². The molecule has 0 radical (unpaired) electrons. The minimum absolute atomic E-state index is 0.0341. The molecule has 2 aromatic rings. The highest BCUT2D eigenvalue weighted by Crippen LogP contribution is 2.44. The average Bonchev–Trinajstić information content (AvgIpc) is 3.14. The minimum atomic E-state index is -5.02. The molecule has 7 nitrogen and oxygen atoms in total. The number of ether oxygens (including phenoxy) is 2. The second-order valence-electron chi connectivity index (χ2n) is 10.2. The molecule has 2 fully saturated rings. The predicted molar refractivity (Wildman–Crippen MR) is 132 cm³/mol. The Labute approximate surface area is 215 Å². The van der Waals surface area contributed by atoms with Crippen LogP contribution in [0.15, 0.2) is 53.4 Å². The zero-order valence-electron chi connectivity index (χ0n) is 21.0. The van der Waals surface area contributed by atoms with E-state index in [9.17, 15) is 26.4 Å². The molecule has 0 saturated carbocycles. The molecular formula is C26H31F3N2O5S. The van der Waals surface area contributed by atoms with Gasteiger partial charge in [-0.3, -0.25) is 4.79 Å². The van der Waals surface area contributed by atoms with Gasteiger partial charge in [0.1, 0.15) is 10.6 Å². The number of para-hydroxylation sites is 1. The van der Waals surface area contributed by atoms with E-state index in [0.717, 1.165) is 27.7 Å². The van der Waals surface area contributed by atoms with Gasteiger partial charge in [-0.1, -0.05) is 38.1 Å². The third-order valence-electron chi connectivity index (χ3n) is 7.35. The number of benzene rings is 2. The number of methoxy groups -OCH3 is 1. The zero-order chi connectivity index (χ0) is 27.1. The lowest BCUT2D eigenvalue weighted by atomic mass is 9.77. The predicted octanol–water partition coefficient (Wildman–Crippen LogP) is 4.72. The van der Waals surface area contributed by atoms with Crippen molar-refractivity contribution in [1.29, 1.82) is 0 Å². The summed E-state index contributed by atoms with van der Waals surface area (Å²) in [6.45, 7) is 5.31. The Balaban J connectivity index is 1.47. The van der Waals surface area contributed by atoms with Crippen LogP contribution in [0.5, 0.6) is 5.75 Å². The van der Waals surface area contributed by atoms with Crippen molar-refractivity contribution in [3.05, 3.63) is 54.1 Å². The standard InChI is InChI=1S/C26H31F3N2O5S/c1-24(2,18-35-3)19-8-10-20(11-9-19)31-17-14-25(23(31)32)12-15-30(16-13-25)37(33,34)22-7-5-4-6-21(22)36-26(27,28)29/h4-11H,12-18H2,1-3H3. The lowest BCUT2D eigenvalue weighted by molar-refractivity contribution is -0.275. The molecule has 0 aliphatic carbocycles. The number of anilines is 1. The number of carbonyl (C=O) groups excluding carboxylic acids is 1. The largest absolute Gasteiger partial charge is 0.573 e. The number of hydrogen-bond acceptors (Lipinski definition) is 5. The molecule has 11 heteroatoms. The van der Waals surface area contributed by atoms with E-state index in [-0.39, 0.29) is 24.4 Å². The first-order chi connectivity index (χ1) is 17.3. The van der Waals surface area contributed by atoms with Crippen molar-refractivity contribution in [2.24, 2.45) is 5.41 Å². The normalized spacial score (nSPS) is 19.0. The van der Waals surface area contributed by atoms with Gasteiger partial charge in [-0.05, 0) is 49.1 Å². The highest BCUT2D eigenvalue weighted by Gasteiger charge is 2.50. The van der Waals surface area contributed by atoms with Crippen molar-refractivity contribution in [3.8, 4) is 5.75 Å². The molecule has 2 saturated heterocycles. The summed E-state index contributed by atoms with van der Waals surface area (Å²) < 4.78 is 75.2. The maximum absolute atomic E-state index is 13.5. The zero-order valence-corrected chi connectivity index (χ0v) is 21.9. The summed E-state index contributed by atoms with van der Waals surface area (Å²) in [5, 5.41) is 0. The van der Waals surface area contributed by atoms with Crippen LogP contribution < -0.4 is 9.64 Å². The first kappa shape index (κ1) is 27.4. The van der Waals surface area contributed by atoms with Crippen LogP contribution in [0.2, 0.25) is 0 Å². The maximum Gasteiger partial charge on any atom is 0.573 e. The first-order valence-electron chi connectivity index (χ1n) is 12.1. The van der Waals surface area contributed by atoms with Crippen LogP contribution in [-0.4, -0.2) is 58.3 Å². The van der Waals surface area contributed by atoms with E-state index in [1.54, 1.807) is 12.0 Å². The van der Waals surface area contributed by atoms with Gasteiger partial charge in [-0.2, -0.15) is 4.31 Å². The SMILES string of the molecule is COCC(C)(C)c1ccc(N2CCC3(CCN(S(=O)(=O)c4ccccc4OC(F)(F)F)CC3)C2=O)cc1. The molecule has 4 rings (SSSR count). The Morgan fingerprint density at radius 1 is 0.946 bits per heavy atom. The summed E-state index contributed by atoms with van der Waals surface area (Å²) in [6.07, 6.45) is -3.84. The van der Waals surface area contributed by atoms with E-state index in [1.165, 1.54) is 12.1 Å². The molecule has 37 heavy (non-hydrogen) atoms. The van der Waals surface area contributed by atoms with Crippen LogP contribution in [0, 0.1) is 5.41 Å². The summed E-state index contributed by atoms with van der Waals surface area (Å²) in [5.41, 5.74) is 1.01. The van der Waals surface area contributed by atoms with Crippen LogP contribution in [0.4, 0.5) is 18.9 Å². The molecular weight excluding hydrogens is 509 g/mol. The van der Waals surface area contributed by atoms with Gasteiger partial charge in [0.25, 0.3) is 0 Å². The molecule has 0 bridgehead atoms. The molecule has 2 aromatic carbocycles. The molecule has 0 unspecified atom stereocenters. The number of carbonyl (C=O) groups is 1. The van der Waals surface area contributed by atoms with Gasteiger partial charge in [0, 0.05) is 37.8 Å². The number of piperidine rings is 1. The van der Waals surface area contributed by atoms with Gasteiger partial charge in [-0.25, -0.2) is 8.42 Å². The molecule has 2 heterocycles. The van der Waals surface area contributed by atoms with Crippen molar-refractivity contribution in [3.63, 3.8) is 0 Å². The summed E-state index contributed by atoms with van der Waals surface area (Å²) in [4.78, 5) is 14.7. The Hall–Kier alpha value is -2.63. The summed E-state index contributed by atoms with van der Waals surface area (Å²) in [5.74, 6) is -0.815. The number of nitrogens with zero attached hydrogens (tertiary/aromatic N) is 2. The third-order valence-corrected chi connectivity index (χ3v) is 9.29. The van der Waals surface area contributed by atoms with Gasteiger partial charge in [0.15, 0.2) is 0 Å². The highest BCUT2D eigenvalue weighted by molar-refractivity contribution is 7.89. The average molecular weight is 541 g/mol. The molecule has 1 spiro atoms. The lowest BCUT2D eigenvalue weighted by Crippen LogP contribution is -2.46. The smallest absolute Gasteiger partial charge is 0.404 e. The number of rotatable bonds is 7. The molecule has 202 valence electrons. The fourth-order valence-corrected chi connectivity index (χ4v) is 6.79. The number of halogens is 3. The Morgan fingerprint density at radius 2 is 1.54 bits per heavy atom. The quantitative estimate of drug-likeness (QED) is 0.508. The van der Waals surface area contributed by atoms with Crippen molar-refractivity contribution in [2.75, 3.05) is 38.3 Å². The Morgan fingerprint density at radius 3 is 2.14 bits per heavy atom. The molecule has 0 atom stereocenters. The van der Waals surface area contributed by atoms with Gasteiger partial charge in [0.05, 0.1) is 12.0 Å². The topological polar surface area (TPSA) is 76.2 Å². The monoisotopic (exact) mass is 540 g/mol. The summed E-state index contributed by atoms with van der Waals surface area (Å²) in [6, 6.07) is 12.5. The molecule has 0 N–H and O–H groups in total. The fraction of sp³-hybridized carbons (Fsp3) is 0.500. The van der Waals surface area contributed by atoms with Gasteiger partial charge in [0.2, 0.25) is 15.9 Å². The van der Waals surface area contributed by atoms with Gasteiger partial charge >= 0.3 is 6.36 Å². The number of amides is 1. The first-order valence-corrected chi connectivity index (χ1v) is 13.5. The van der Waals surface area contributed by atoms with Crippen LogP contribution in [0.1, 0.15) is 38.7 Å². The minimum Gasteiger partial charge on any atom is -0.404 e. The van der Waals surface area contributed by atoms with E-state index in [1.807, 2.05) is 24.3 Å². The van der Waals surface area contributed by atoms with Crippen LogP contribution in [0.25, 0.3) is 0 Å². The van der Waals surface area contributed by atoms with E-state index in [2.05, 4.69) is 18.6 Å². The highest BCUT2D eigenvalue weighted by atomic mass is 32.2. The summed E-state index contributed by atoms with van der Waals surface area (Å²) in [7, 11) is -2.59. The second-order valence-corrected chi connectivity index (χ2v) is 12.2. The molecule has 0 aromatic heterocycles. The van der Waals surface area contributed by atoms with E-state index >= 15 is 0 Å². The number of hydrogen-bond donors (Lipinski definition) is 0. The third kappa shape index (κ3) is 5.49. The maximum atomic E-state index is 13.5. The molecule has 2 aliphatic heterocycles. The van der Waals surface area contributed by atoms with Crippen LogP contribution >= 0.6 is 0 Å². The Bertz CT molecular complexity index is 1240. The van der Waals surface area contributed by atoms with Crippen molar-refractivity contribution < 1.29 is 35.9 Å². The van der Waals surface area contributed by atoms with E-state index < -0.39 is 32.4 Å². The van der Waals surface area contributed by atoms with Crippen molar-refractivity contribution >= 4 is 21.6 Å².